The van der Waals surface area contributed by atoms with Crippen molar-refractivity contribution >= 4 is 45.7 Å². The van der Waals surface area contributed by atoms with E-state index >= 15 is 0 Å². The average molecular weight is 879 g/mol. The Labute approximate surface area is 364 Å². The number of piperazine rings is 1. The molecule has 6 atom stereocenters. The lowest BCUT2D eigenvalue weighted by Gasteiger charge is -2.39. The molecular weight excluding hydrogens is 822 g/mol. The van der Waals surface area contributed by atoms with Crippen molar-refractivity contribution in [3.8, 4) is 22.5 Å². The Balaban J connectivity index is 1.30. The molecule has 2 amide bonds. The number of hydrogen-bond donors (Lipinski definition) is 2. The lowest BCUT2D eigenvalue weighted by atomic mass is 9.84. The van der Waals surface area contributed by atoms with E-state index in [1.54, 1.807) is 25.4 Å². The number of thiazole rings is 1. The normalized spacial score (nSPS) is 25.4. The number of pyridine rings is 1. The minimum absolute atomic E-state index is 0.0461. The largest absolute Gasteiger partial charge is 0.464 e. The van der Waals surface area contributed by atoms with Gasteiger partial charge in [-0.15, -0.1) is 11.3 Å². The Morgan fingerprint density at radius 1 is 1.16 bits per heavy atom. The van der Waals surface area contributed by atoms with Gasteiger partial charge in [0.1, 0.15) is 18.6 Å². The zero-order valence-corrected chi connectivity index (χ0v) is 37.3. The molecule has 2 N–H and O–H groups in total. The first-order valence-corrected chi connectivity index (χ1v) is 22.5. The number of cyclic esters (lactones) is 1. The fourth-order valence-electron chi connectivity index (χ4n) is 9.04. The first-order chi connectivity index (χ1) is 29.4. The van der Waals surface area contributed by atoms with E-state index in [1.807, 2.05) is 45.2 Å². The number of methoxy groups -OCH3 is 1. The van der Waals surface area contributed by atoms with Crippen molar-refractivity contribution in [1.82, 2.24) is 35.2 Å². The lowest BCUT2D eigenvalue weighted by molar-refractivity contribution is -0.155. The number of nitrogens with zero attached hydrogens (tertiary/aromatic N) is 6. The SMILES string of the molecule is CO[C@@H](C)c1ncc(N2CCN(C)[C@H](C)C2)cc1-c1c2c3cc(ccc3n1CC(F)(F)F)-c1csc(n1)C[C@H](NC(=O)[C@H]1C[C@@H]1C)C(=O)N1CCC[C@H](N1)C(=O)OCC(C)(C)C2. The predicted molar refractivity (Wildman–Crippen MR) is 231 cm³/mol. The maximum atomic E-state index is 14.9. The lowest BCUT2D eigenvalue weighted by Crippen LogP contribution is -2.60. The first kappa shape index (κ1) is 44.0. The Bertz CT molecular complexity index is 2350. The van der Waals surface area contributed by atoms with E-state index in [0.717, 1.165) is 31.7 Å². The molecule has 0 spiro atoms. The van der Waals surface area contributed by atoms with E-state index in [4.69, 9.17) is 19.4 Å². The van der Waals surface area contributed by atoms with Crippen LogP contribution in [0.4, 0.5) is 18.9 Å². The van der Waals surface area contributed by atoms with Crippen LogP contribution in [0.2, 0.25) is 0 Å². The van der Waals surface area contributed by atoms with Crippen molar-refractivity contribution < 1.29 is 37.0 Å². The van der Waals surface area contributed by atoms with Gasteiger partial charge in [-0.2, -0.15) is 13.2 Å². The maximum absolute atomic E-state index is 14.9. The second-order valence-electron chi connectivity index (χ2n) is 18.5. The topological polar surface area (TPSA) is 134 Å². The summed E-state index contributed by atoms with van der Waals surface area (Å²) in [7, 11) is 3.64. The quantitative estimate of drug-likeness (QED) is 0.197. The third-order valence-electron chi connectivity index (χ3n) is 13.0. The minimum Gasteiger partial charge on any atom is -0.464 e. The van der Waals surface area contributed by atoms with Gasteiger partial charge >= 0.3 is 12.1 Å². The molecule has 8 rings (SSSR count). The maximum Gasteiger partial charge on any atom is 0.406 e. The molecule has 4 aliphatic rings. The van der Waals surface area contributed by atoms with Gasteiger partial charge in [0.25, 0.3) is 5.91 Å². The summed E-state index contributed by atoms with van der Waals surface area (Å²) in [5.41, 5.74) is 6.87. The molecule has 3 fully saturated rings. The number of hydrazine groups is 1. The predicted octanol–water partition coefficient (Wildman–Crippen LogP) is 6.54. The molecule has 6 heterocycles. The molecule has 1 aliphatic carbocycles. The molecule has 1 aromatic carbocycles. The standard InChI is InChI=1S/C45H57F3N8O5S/c1-25-15-30(25)41(57)51-35-18-38-50-36(22-62-38)28-10-11-37-31(16-28)33(19-44(4,5)24-61-43(59)34-9-8-12-56(52-34)42(35)58)40(55(37)23-45(46,47)48)32-17-29(20-49-39(32)27(3)60-7)54-14-13-53(6)26(2)21-54/h10-11,16-17,20,22,25-27,30,34-35,52H,8-9,12-15,18-19,21,23-24H2,1-7H3,(H,51,57)/t25-,26+,27-,30-,34-,35-/m0/s1. The van der Waals surface area contributed by atoms with E-state index in [0.29, 0.717) is 69.1 Å². The number of esters is 1. The summed E-state index contributed by atoms with van der Waals surface area (Å²) >= 11 is 1.35. The molecular formula is C45H57F3N8O5S. The molecule has 2 saturated heterocycles. The van der Waals surface area contributed by atoms with Crippen LogP contribution in [0.1, 0.15) is 76.3 Å². The van der Waals surface area contributed by atoms with Crippen molar-refractivity contribution in [1.29, 1.82) is 0 Å². The molecule has 13 nitrogen and oxygen atoms in total. The van der Waals surface area contributed by atoms with Crippen LogP contribution in [0.3, 0.4) is 0 Å². The van der Waals surface area contributed by atoms with E-state index in [-0.39, 0.29) is 49.1 Å². The number of ether oxygens (including phenoxy) is 2. The number of alkyl halides is 3. The van der Waals surface area contributed by atoms with Gasteiger partial charge in [0.05, 0.1) is 46.7 Å². The molecule has 3 aliphatic heterocycles. The highest BCUT2D eigenvalue weighted by Crippen LogP contribution is 2.44. The molecule has 4 aromatic rings. The molecule has 6 bridgehead atoms. The van der Waals surface area contributed by atoms with Crippen LogP contribution in [-0.2, 0) is 43.2 Å². The Morgan fingerprint density at radius 2 is 1.94 bits per heavy atom. The monoisotopic (exact) mass is 878 g/mol. The minimum atomic E-state index is -4.58. The first-order valence-electron chi connectivity index (χ1n) is 21.6. The van der Waals surface area contributed by atoms with E-state index in [1.165, 1.54) is 20.9 Å². The number of amides is 2. The summed E-state index contributed by atoms with van der Waals surface area (Å²) in [5.74, 6) is -1.03. The number of carbonyl (C=O) groups is 3. The molecule has 62 heavy (non-hydrogen) atoms. The third kappa shape index (κ3) is 9.22. The van der Waals surface area contributed by atoms with Crippen LogP contribution in [0, 0.1) is 17.3 Å². The Kier molecular flexibility index (Phi) is 12.2. The number of anilines is 1. The third-order valence-corrected chi connectivity index (χ3v) is 13.9. The summed E-state index contributed by atoms with van der Waals surface area (Å²) < 4.78 is 57.9. The number of hydrogen-bond acceptors (Lipinski definition) is 11. The number of nitrogens with one attached hydrogen (secondary N) is 2. The number of rotatable bonds is 7. The highest BCUT2D eigenvalue weighted by Gasteiger charge is 2.42. The van der Waals surface area contributed by atoms with Crippen LogP contribution in [0.15, 0.2) is 35.8 Å². The molecule has 0 radical (unpaired) electrons. The molecule has 0 unspecified atom stereocenters. The van der Waals surface area contributed by atoms with Gasteiger partial charge in [-0.1, -0.05) is 26.8 Å². The average Bonchev–Trinajstić information content (AvgIpc) is 3.68. The van der Waals surface area contributed by atoms with Gasteiger partial charge in [0, 0.05) is 84.5 Å². The molecule has 1 saturated carbocycles. The van der Waals surface area contributed by atoms with Gasteiger partial charge < -0.3 is 29.2 Å². The number of halogens is 3. The van der Waals surface area contributed by atoms with Crippen LogP contribution in [0.25, 0.3) is 33.4 Å². The van der Waals surface area contributed by atoms with Crippen molar-refractivity contribution in [2.45, 2.75) is 104 Å². The Hall–Kier alpha value is -4.58. The van der Waals surface area contributed by atoms with Gasteiger partial charge in [0.2, 0.25) is 5.91 Å². The summed E-state index contributed by atoms with van der Waals surface area (Å²) in [6, 6.07) is 5.85. The fourth-order valence-corrected chi connectivity index (χ4v) is 9.89. The summed E-state index contributed by atoms with van der Waals surface area (Å²) in [6.07, 6.45) is -1.27. The molecule has 17 heteroatoms. The van der Waals surface area contributed by atoms with Crippen molar-refractivity contribution in [2.75, 3.05) is 51.8 Å². The van der Waals surface area contributed by atoms with E-state index in [2.05, 4.69) is 34.5 Å². The number of likely N-dealkylation sites (N-methyl/N-ethyl adjacent to an activating group) is 1. The van der Waals surface area contributed by atoms with E-state index < -0.39 is 42.3 Å². The highest BCUT2D eigenvalue weighted by molar-refractivity contribution is 7.10. The molecule has 3 aromatic heterocycles. The number of aromatic nitrogens is 3. The number of fused-ring (bicyclic) bond motifs is 6. The van der Waals surface area contributed by atoms with Gasteiger partial charge in [-0.05, 0) is 76.3 Å². The smallest absolute Gasteiger partial charge is 0.406 e. The van der Waals surface area contributed by atoms with Gasteiger partial charge in [-0.25, -0.2) is 10.4 Å². The number of benzene rings is 1. The highest BCUT2D eigenvalue weighted by atomic mass is 32.1. The summed E-state index contributed by atoms with van der Waals surface area (Å²) in [5, 5.41) is 7.48. The van der Waals surface area contributed by atoms with E-state index in [9.17, 15) is 27.6 Å². The van der Waals surface area contributed by atoms with Crippen molar-refractivity contribution in [3.63, 3.8) is 0 Å². The van der Waals surface area contributed by atoms with Crippen molar-refractivity contribution in [2.24, 2.45) is 17.3 Å². The van der Waals surface area contributed by atoms with Crippen LogP contribution < -0.4 is 15.6 Å². The second-order valence-corrected chi connectivity index (χ2v) is 19.5. The van der Waals surface area contributed by atoms with Gasteiger partial charge in [-0.3, -0.25) is 24.4 Å². The van der Waals surface area contributed by atoms with Crippen LogP contribution >= 0.6 is 11.3 Å². The summed E-state index contributed by atoms with van der Waals surface area (Å²) in [6.45, 7) is 11.2. The van der Waals surface area contributed by atoms with Crippen LogP contribution in [0.5, 0.6) is 0 Å². The zero-order valence-electron chi connectivity index (χ0n) is 36.5. The van der Waals surface area contributed by atoms with Crippen molar-refractivity contribution in [3.05, 3.63) is 52.1 Å². The van der Waals surface area contributed by atoms with Crippen LogP contribution in [-0.4, -0.2) is 113 Å². The van der Waals surface area contributed by atoms with Gasteiger partial charge in [0.15, 0.2) is 0 Å². The fraction of sp³-hybridized carbons (Fsp3) is 0.578. The Morgan fingerprint density at radius 3 is 2.65 bits per heavy atom. The summed E-state index contributed by atoms with van der Waals surface area (Å²) in [4.78, 5) is 55.5. The molecule has 334 valence electrons. The number of carbonyl (C=O) groups excluding carboxylic acids is 3. The second kappa shape index (κ2) is 17.2. The zero-order chi connectivity index (χ0) is 44.2.